The minimum atomic E-state index is -4.16. The number of aromatic nitrogens is 3. The number of imidazole rings is 1. The van der Waals surface area contributed by atoms with Gasteiger partial charge in [-0.2, -0.15) is 0 Å². The van der Waals surface area contributed by atoms with E-state index in [-0.39, 0.29) is 27.8 Å². The zero-order valence-electron chi connectivity index (χ0n) is 22.7. The summed E-state index contributed by atoms with van der Waals surface area (Å²) in [6, 6.07) is 9.14. The van der Waals surface area contributed by atoms with Crippen LogP contribution in [0.25, 0.3) is 10.9 Å². The van der Waals surface area contributed by atoms with Crippen molar-refractivity contribution in [3.05, 3.63) is 84.1 Å². The Morgan fingerprint density at radius 3 is 2.30 bits per heavy atom. The van der Waals surface area contributed by atoms with Crippen LogP contribution in [0, 0.1) is 6.92 Å². The van der Waals surface area contributed by atoms with Crippen molar-refractivity contribution >= 4 is 50.5 Å². The summed E-state index contributed by atoms with van der Waals surface area (Å²) >= 11 is 0. The quantitative estimate of drug-likeness (QED) is 0.108. The van der Waals surface area contributed by atoms with Gasteiger partial charge >= 0.3 is 11.9 Å². The van der Waals surface area contributed by atoms with Crippen LogP contribution >= 0.6 is 0 Å². The first-order valence-electron chi connectivity index (χ1n) is 12.9. The van der Waals surface area contributed by atoms with Crippen LogP contribution in [0.15, 0.2) is 72.1 Å². The number of ketones is 1. The molecule has 5 N–H and O–H groups in total. The summed E-state index contributed by atoms with van der Waals surface area (Å²) in [7, 11) is -4.16. The minimum Gasteiger partial charge on any atom is -0.481 e. The van der Waals surface area contributed by atoms with E-state index in [2.05, 4.69) is 20.6 Å². The van der Waals surface area contributed by atoms with Crippen LogP contribution in [0.3, 0.4) is 0 Å². The predicted molar refractivity (Wildman–Crippen MR) is 151 cm³/mol. The maximum atomic E-state index is 13.5. The lowest BCUT2D eigenvalue weighted by atomic mass is 10.1. The van der Waals surface area contributed by atoms with Gasteiger partial charge < -0.3 is 25.8 Å². The monoisotopic (exact) mass is 609 g/mol. The van der Waals surface area contributed by atoms with Crippen molar-refractivity contribution in [2.24, 2.45) is 0 Å². The van der Waals surface area contributed by atoms with Crippen LogP contribution in [0.4, 0.5) is 0 Å². The molecule has 0 saturated heterocycles. The summed E-state index contributed by atoms with van der Waals surface area (Å²) in [5, 5.41) is 23.0. The fraction of sp³-hybridized carbons (Fsp3) is 0.214. The molecular weight excluding hydrogens is 582 g/mol. The van der Waals surface area contributed by atoms with Crippen LogP contribution in [-0.2, 0) is 35.6 Å². The molecule has 0 saturated carbocycles. The molecule has 0 fully saturated rings. The molecule has 0 aliphatic heterocycles. The van der Waals surface area contributed by atoms with Gasteiger partial charge in [-0.3, -0.25) is 19.2 Å². The van der Waals surface area contributed by atoms with E-state index in [1.54, 1.807) is 31.2 Å². The Balaban J connectivity index is 1.63. The largest absolute Gasteiger partial charge is 0.481 e. The van der Waals surface area contributed by atoms with Gasteiger partial charge in [0.05, 0.1) is 22.3 Å². The Bertz CT molecular complexity index is 1800. The summed E-state index contributed by atoms with van der Waals surface area (Å²) in [6.07, 6.45) is 2.53. The second kappa shape index (κ2) is 12.7. The minimum absolute atomic E-state index is 0.0329. The van der Waals surface area contributed by atoms with E-state index in [9.17, 15) is 37.5 Å². The first kappa shape index (κ1) is 30.6. The van der Waals surface area contributed by atoms with Gasteiger partial charge in [0.15, 0.2) is 0 Å². The molecule has 4 rings (SSSR count). The van der Waals surface area contributed by atoms with E-state index in [4.69, 9.17) is 5.11 Å². The Labute approximate surface area is 244 Å². The van der Waals surface area contributed by atoms with Crippen molar-refractivity contribution in [1.82, 2.24) is 24.6 Å². The number of rotatable bonds is 13. The molecule has 4 aromatic rings. The van der Waals surface area contributed by atoms with Gasteiger partial charge in [0.25, 0.3) is 21.7 Å². The molecule has 0 aliphatic carbocycles. The van der Waals surface area contributed by atoms with Crippen LogP contribution in [0.1, 0.15) is 34.5 Å². The standard InChI is InChI=1S/C28H27N5O9S/c1-16-6-8-18(9-7-16)43(41,42)33-14-20(19-4-2-3-5-23(19)33)25(36)27(38)32-22(12-17-13-29-15-30-17)26(37)31-21(28(39)40)10-11-24(34)35/h2-9,13-15,21-22H,10-12H2,1H3,(H,29,30)(H,31,37)(H,32,38)(H,34,35)(H,39,40)/t21-,22-/m1/s1. The van der Waals surface area contributed by atoms with Crippen LogP contribution < -0.4 is 10.6 Å². The fourth-order valence-electron chi connectivity index (χ4n) is 4.32. The summed E-state index contributed by atoms with van der Waals surface area (Å²) in [6.45, 7) is 1.80. The summed E-state index contributed by atoms with van der Waals surface area (Å²) in [4.78, 5) is 68.8. The number of fused-ring (bicyclic) bond motifs is 1. The van der Waals surface area contributed by atoms with Crippen molar-refractivity contribution in [3.63, 3.8) is 0 Å². The number of hydrogen-bond donors (Lipinski definition) is 5. The number of para-hydroxylation sites is 1. The Morgan fingerprint density at radius 1 is 0.977 bits per heavy atom. The number of carbonyl (C=O) groups is 5. The van der Waals surface area contributed by atoms with Gasteiger partial charge in [0.1, 0.15) is 12.1 Å². The number of nitrogens with zero attached hydrogens (tertiary/aromatic N) is 2. The number of aromatic amines is 1. The number of carbonyl (C=O) groups excluding carboxylic acids is 3. The lowest BCUT2D eigenvalue weighted by molar-refractivity contribution is -0.143. The number of aryl methyl sites for hydroxylation is 1. The highest BCUT2D eigenvalue weighted by atomic mass is 32.2. The van der Waals surface area contributed by atoms with Crippen molar-refractivity contribution in [2.45, 2.75) is 43.2 Å². The summed E-state index contributed by atoms with van der Waals surface area (Å²) < 4.78 is 27.8. The van der Waals surface area contributed by atoms with E-state index >= 15 is 0 Å². The third-order valence-electron chi connectivity index (χ3n) is 6.57. The molecule has 2 atom stereocenters. The van der Waals surface area contributed by atoms with E-state index in [1.165, 1.54) is 36.8 Å². The Hall–Kier alpha value is -5.31. The molecule has 2 aromatic carbocycles. The normalized spacial score (nSPS) is 12.8. The number of H-pyrrole nitrogens is 1. The molecule has 43 heavy (non-hydrogen) atoms. The number of carboxylic acids is 2. The van der Waals surface area contributed by atoms with Gasteiger partial charge in [-0.05, 0) is 31.5 Å². The van der Waals surface area contributed by atoms with E-state index < -0.39 is 64.5 Å². The van der Waals surface area contributed by atoms with Crippen LogP contribution in [0.5, 0.6) is 0 Å². The third-order valence-corrected chi connectivity index (χ3v) is 8.26. The van der Waals surface area contributed by atoms with E-state index in [1.807, 2.05) is 0 Å². The SMILES string of the molecule is Cc1ccc(S(=O)(=O)n2cc(C(=O)C(=O)N[C@H](Cc3cnc[nH]3)C(=O)N[C@H](CCC(=O)O)C(=O)O)c3ccccc32)cc1. The summed E-state index contributed by atoms with van der Waals surface area (Å²) in [5.41, 5.74) is 1.11. The molecule has 0 aliphatic rings. The highest BCUT2D eigenvalue weighted by Crippen LogP contribution is 2.26. The maximum Gasteiger partial charge on any atom is 0.326 e. The second-order valence-electron chi connectivity index (χ2n) is 9.64. The van der Waals surface area contributed by atoms with E-state index in [0.717, 1.165) is 15.7 Å². The predicted octanol–water partition coefficient (Wildman–Crippen LogP) is 1.25. The molecule has 0 bridgehead atoms. The van der Waals surface area contributed by atoms with Gasteiger partial charge in [-0.25, -0.2) is 22.2 Å². The van der Waals surface area contributed by atoms with E-state index in [0.29, 0.717) is 5.69 Å². The highest BCUT2D eigenvalue weighted by molar-refractivity contribution is 7.90. The number of carboxylic acid groups (broad SMARTS) is 2. The lowest BCUT2D eigenvalue weighted by Crippen LogP contribution is -2.53. The molecule has 0 spiro atoms. The number of amides is 2. The molecule has 0 unspecified atom stereocenters. The second-order valence-corrected chi connectivity index (χ2v) is 11.5. The molecule has 2 heterocycles. The maximum absolute atomic E-state index is 13.5. The summed E-state index contributed by atoms with van der Waals surface area (Å²) in [5.74, 6) is -6.14. The van der Waals surface area contributed by atoms with Gasteiger partial charge in [-0.1, -0.05) is 35.9 Å². The first-order valence-corrected chi connectivity index (χ1v) is 14.3. The topological polar surface area (TPSA) is 218 Å². The van der Waals surface area contributed by atoms with Crippen molar-refractivity contribution < 1.29 is 42.6 Å². The van der Waals surface area contributed by atoms with Crippen molar-refractivity contribution in [1.29, 1.82) is 0 Å². The number of Topliss-reactive ketones (excluding diaryl/α,β-unsaturated/α-hetero) is 1. The lowest BCUT2D eigenvalue weighted by Gasteiger charge is -2.20. The van der Waals surface area contributed by atoms with Crippen molar-refractivity contribution in [2.75, 3.05) is 0 Å². The first-order chi connectivity index (χ1) is 20.4. The smallest absolute Gasteiger partial charge is 0.326 e. The average Bonchev–Trinajstić information content (AvgIpc) is 3.62. The number of nitrogens with one attached hydrogen (secondary N) is 3. The number of benzene rings is 2. The molecule has 224 valence electrons. The van der Waals surface area contributed by atoms with Crippen molar-refractivity contribution in [3.8, 4) is 0 Å². The van der Waals surface area contributed by atoms with Crippen LogP contribution in [-0.4, -0.2) is 74.2 Å². The zero-order chi connectivity index (χ0) is 31.3. The van der Waals surface area contributed by atoms with Gasteiger partial charge in [-0.15, -0.1) is 0 Å². The number of aliphatic carboxylic acids is 2. The molecule has 2 aromatic heterocycles. The molecule has 14 nitrogen and oxygen atoms in total. The number of hydrogen-bond acceptors (Lipinski definition) is 8. The Kier molecular flexibility index (Phi) is 9.04. The molecule has 0 radical (unpaired) electrons. The molecule has 15 heteroatoms. The molecular formula is C28H27N5O9S. The average molecular weight is 610 g/mol. The Morgan fingerprint density at radius 2 is 1.67 bits per heavy atom. The van der Waals surface area contributed by atoms with Crippen LogP contribution in [0.2, 0.25) is 0 Å². The zero-order valence-corrected chi connectivity index (χ0v) is 23.5. The van der Waals surface area contributed by atoms with Gasteiger partial charge in [0.2, 0.25) is 5.91 Å². The fourth-order valence-corrected chi connectivity index (χ4v) is 5.69. The third kappa shape index (κ3) is 6.95. The molecule has 2 amide bonds. The highest BCUT2D eigenvalue weighted by Gasteiger charge is 2.31. The van der Waals surface area contributed by atoms with Gasteiger partial charge in [0, 0.05) is 36.3 Å².